The lowest BCUT2D eigenvalue weighted by Gasteiger charge is -2.37. The highest BCUT2D eigenvalue weighted by molar-refractivity contribution is 5.79. The summed E-state index contributed by atoms with van der Waals surface area (Å²) in [4.78, 5) is 19.1. The molecule has 2 fully saturated rings. The summed E-state index contributed by atoms with van der Waals surface area (Å²) in [5.41, 5.74) is 0. The molecule has 5 nitrogen and oxygen atoms in total. The van der Waals surface area contributed by atoms with E-state index in [2.05, 4.69) is 34.1 Å². The van der Waals surface area contributed by atoms with Gasteiger partial charge in [-0.2, -0.15) is 0 Å². The minimum Gasteiger partial charge on any atom is -0.340 e. The van der Waals surface area contributed by atoms with Crippen LogP contribution in [0.15, 0.2) is 0 Å². The number of carbonyl (C=O) groups is 1. The van der Waals surface area contributed by atoms with Gasteiger partial charge in [-0.15, -0.1) is 0 Å². The zero-order valence-electron chi connectivity index (χ0n) is 12.4. The third kappa shape index (κ3) is 4.44. The van der Waals surface area contributed by atoms with Crippen molar-refractivity contribution >= 4 is 5.91 Å². The van der Waals surface area contributed by atoms with Crippen LogP contribution in [0.2, 0.25) is 0 Å². The lowest BCUT2D eigenvalue weighted by Crippen LogP contribution is -2.52. The molecular weight excluding hydrogens is 240 g/mol. The Labute approximate surface area is 116 Å². The molecule has 1 unspecified atom stereocenters. The van der Waals surface area contributed by atoms with Crippen LogP contribution in [0.25, 0.3) is 0 Å². The molecule has 5 heteroatoms. The minimum atomic E-state index is 0.224. The van der Waals surface area contributed by atoms with Crippen LogP contribution in [0.4, 0.5) is 0 Å². The Hall–Kier alpha value is -0.650. The standard InChI is InChI=1S/C14H28N4O/c1-16(2)6-7-17-8-10-18(11-9-17)14(19)13-4-3-5-15-12-13/h13,15H,3-12H2,1-2H3. The van der Waals surface area contributed by atoms with Gasteiger partial charge in [0.25, 0.3) is 0 Å². The van der Waals surface area contributed by atoms with Crippen LogP contribution < -0.4 is 5.32 Å². The van der Waals surface area contributed by atoms with Crippen molar-refractivity contribution in [2.24, 2.45) is 5.92 Å². The second-order valence-corrected chi connectivity index (χ2v) is 6.01. The molecule has 0 saturated carbocycles. The molecule has 0 radical (unpaired) electrons. The Balaban J connectivity index is 1.71. The molecule has 1 amide bonds. The number of hydrogen-bond acceptors (Lipinski definition) is 4. The maximum atomic E-state index is 12.4. The summed E-state index contributed by atoms with van der Waals surface area (Å²) >= 11 is 0. The average molecular weight is 268 g/mol. The molecule has 19 heavy (non-hydrogen) atoms. The summed E-state index contributed by atoms with van der Waals surface area (Å²) in [6, 6.07) is 0. The van der Waals surface area contributed by atoms with Gasteiger partial charge < -0.3 is 15.1 Å². The van der Waals surface area contributed by atoms with Crippen LogP contribution in [0.5, 0.6) is 0 Å². The van der Waals surface area contributed by atoms with Crippen LogP contribution in [-0.4, -0.2) is 87.1 Å². The average Bonchev–Trinajstić information content (AvgIpc) is 2.46. The molecule has 0 aromatic heterocycles. The van der Waals surface area contributed by atoms with Crippen LogP contribution in [0.3, 0.4) is 0 Å². The van der Waals surface area contributed by atoms with Gasteiger partial charge in [0.1, 0.15) is 0 Å². The summed E-state index contributed by atoms with van der Waals surface area (Å²) in [5, 5.41) is 3.33. The third-order valence-electron chi connectivity index (χ3n) is 4.19. The summed E-state index contributed by atoms with van der Waals surface area (Å²) in [6.07, 6.45) is 2.20. The van der Waals surface area contributed by atoms with Gasteiger partial charge in [-0.25, -0.2) is 0 Å². The molecule has 0 spiro atoms. The molecule has 2 heterocycles. The third-order valence-corrected chi connectivity index (χ3v) is 4.19. The normalized spacial score (nSPS) is 25.8. The Morgan fingerprint density at radius 1 is 1.26 bits per heavy atom. The number of likely N-dealkylation sites (N-methyl/N-ethyl adjacent to an activating group) is 1. The zero-order valence-corrected chi connectivity index (χ0v) is 12.4. The highest BCUT2D eigenvalue weighted by atomic mass is 16.2. The van der Waals surface area contributed by atoms with Crippen LogP contribution in [0.1, 0.15) is 12.8 Å². The molecule has 0 aliphatic carbocycles. The van der Waals surface area contributed by atoms with Gasteiger partial charge in [0.15, 0.2) is 0 Å². The van der Waals surface area contributed by atoms with E-state index in [1.54, 1.807) is 0 Å². The van der Waals surface area contributed by atoms with E-state index < -0.39 is 0 Å². The first-order chi connectivity index (χ1) is 9.16. The predicted molar refractivity (Wildman–Crippen MR) is 77.2 cm³/mol. The second-order valence-electron chi connectivity index (χ2n) is 6.01. The number of nitrogens with one attached hydrogen (secondary N) is 1. The molecule has 0 aromatic carbocycles. The van der Waals surface area contributed by atoms with Crippen LogP contribution in [0, 0.1) is 5.92 Å². The smallest absolute Gasteiger partial charge is 0.227 e. The quantitative estimate of drug-likeness (QED) is 0.759. The molecule has 110 valence electrons. The van der Waals surface area contributed by atoms with E-state index in [0.29, 0.717) is 5.91 Å². The molecule has 1 atom stereocenters. The highest BCUT2D eigenvalue weighted by Crippen LogP contribution is 2.14. The van der Waals surface area contributed by atoms with E-state index in [1.807, 2.05) is 0 Å². The first-order valence-corrected chi connectivity index (χ1v) is 7.53. The fourth-order valence-electron chi connectivity index (χ4n) is 2.85. The summed E-state index contributed by atoms with van der Waals surface area (Å²) in [5.74, 6) is 0.599. The van der Waals surface area contributed by atoms with E-state index in [0.717, 1.165) is 65.2 Å². The van der Waals surface area contributed by atoms with E-state index in [9.17, 15) is 4.79 Å². The predicted octanol–water partition coefficient (Wildman–Crippen LogP) is -0.308. The van der Waals surface area contributed by atoms with Gasteiger partial charge in [0.2, 0.25) is 5.91 Å². The maximum Gasteiger partial charge on any atom is 0.227 e. The summed E-state index contributed by atoms with van der Waals surface area (Å²) < 4.78 is 0. The Morgan fingerprint density at radius 3 is 2.58 bits per heavy atom. The molecule has 2 aliphatic rings. The van der Waals surface area contributed by atoms with Crippen molar-refractivity contribution < 1.29 is 4.79 Å². The Morgan fingerprint density at radius 2 is 2.00 bits per heavy atom. The van der Waals surface area contributed by atoms with Crippen molar-refractivity contribution in [1.29, 1.82) is 0 Å². The molecule has 0 aromatic rings. The fraction of sp³-hybridized carbons (Fsp3) is 0.929. The number of hydrogen-bond donors (Lipinski definition) is 1. The summed E-state index contributed by atoms with van der Waals surface area (Å²) in [6.45, 7) is 8.02. The molecule has 1 N–H and O–H groups in total. The minimum absolute atomic E-state index is 0.224. The number of piperazine rings is 1. The zero-order chi connectivity index (χ0) is 13.7. The largest absolute Gasteiger partial charge is 0.340 e. The first kappa shape index (κ1) is 14.8. The fourth-order valence-corrected chi connectivity index (χ4v) is 2.85. The summed E-state index contributed by atoms with van der Waals surface area (Å²) in [7, 11) is 4.21. The molecule has 2 rings (SSSR count). The van der Waals surface area contributed by atoms with Gasteiger partial charge in [0, 0.05) is 45.8 Å². The van der Waals surface area contributed by atoms with Crippen molar-refractivity contribution in [3.63, 3.8) is 0 Å². The van der Waals surface area contributed by atoms with Crippen LogP contribution in [-0.2, 0) is 4.79 Å². The van der Waals surface area contributed by atoms with Crippen molar-refractivity contribution in [2.75, 3.05) is 66.5 Å². The number of piperidine rings is 1. The maximum absolute atomic E-state index is 12.4. The van der Waals surface area contributed by atoms with E-state index >= 15 is 0 Å². The van der Waals surface area contributed by atoms with Gasteiger partial charge in [-0.3, -0.25) is 9.69 Å². The Kier molecular flexibility index (Phi) is 5.60. The molecule has 2 saturated heterocycles. The van der Waals surface area contributed by atoms with Gasteiger partial charge in [-0.05, 0) is 33.5 Å². The van der Waals surface area contributed by atoms with Gasteiger partial charge >= 0.3 is 0 Å². The highest BCUT2D eigenvalue weighted by Gasteiger charge is 2.28. The number of rotatable bonds is 4. The molecule has 0 bridgehead atoms. The number of nitrogens with zero attached hydrogens (tertiary/aromatic N) is 3. The van der Waals surface area contributed by atoms with E-state index in [1.165, 1.54) is 0 Å². The van der Waals surface area contributed by atoms with E-state index in [-0.39, 0.29) is 5.92 Å². The molecular formula is C14H28N4O. The topological polar surface area (TPSA) is 38.8 Å². The lowest BCUT2D eigenvalue weighted by molar-refractivity contribution is -0.137. The van der Waals surface area contributed by atoms with Crippen molar-refractivity contribution in [3.8, 4) is 0 Å². The lowest BCUT2D eigenvalue weighted by atomic mass is 9.98. The van der Waals surface area contributed by atoms with Crippen molar-refractivity contribution in [3.05, 3.63) is 0 Å². The van der Waals surface area contributed by atoms with Crippen molar-refractivity contribution in [2.45, 2.75) is 12.8 Å². The van der Waals surface area contributed by atoms with Crippen molar-refractivity contribution in [1.82, 2.24) is 20.0 Å². The van der Waals surface area contributed by atoms with E-state index in [4.69, 9.17) is 0 Å². The van der Waals surface area contributed by atoms with Gasteiger partial charge in [0.05, 0.1) is 5.92 Å². The second kappa shape index (κ2) is 7.22. The SMILES string of the molecule is CN(C)CCN1CCN(C(=O)C2CCCNC2)CC1. The monoisotopic (exact) mass is 268 g/mol. The van der Waals surface area contributed by atoms with Crippen LogP contribution >= 0.6 is 0 Å². The first-order valence-electron chi connectivity index (χ1n) is 7.53. The van der Waals surface area contributed by atoms with Gasteiger partial charge in [-0.1, -0.05) is 0 Å². The number of carbonyl (C=O) groups excluding carboxylic acids is 1. The molecule has 2 aliphatic heterocycles. The Bertz CT molecular complexity index is 281. The number of amides is 1.